The Morgan fingerprint density at radius 3 is 2.56 bits per heavy atom. The first-order chi connectivity index (χ1) is 7.77. The summed E-state index contributed by atoms with van der Waals surface area (Å²) in [5.74, 6) is -0.742. The number of carbonyl (C=O) groups is 1. The van der Waals surface area contributed by atoms with E-state index in [-0.39, 0.29) is 12.5 Å². The molecule has 1 aliphatic heterocycles. The number of rotatable bonds is 4. The summed E-state index contributed by atoms with van der Waals surface area (Å²) in [5, 5.41) is 8.96. The van der Waals surface area contributed by atoms with E-state index in [1.807, 2.05) is 12.1 Å². The highest BCUT2D eigenvalue weighted by Crippen LogP contribution is 2.27. The molecule has 0 bridgehead atoms. The van der Waals surface area contributed by atoms with E-state index in [9.17, 15) is 4.79 Å². The smallest absolute Gasteiger partial charge is 0.305 e. The van der Waals surface area contributed by atoms with Crippen LogP contribution in [0, 0.1) is 0 Å². The fourth-order valence-electron chi connectivity index (χ4n) is 2.26. The highest BCUT2D eigenvalue weighted by molar-refractivity contribution is 5.67. The third-order valence-corrected chi connectivity index (χ3v) is 3.04. The van der Waals surface area contributed by atoms with E-state index in [2.05, 4.69) is 9.88 Å². The molecule has 0 aromatic carbocycles. The van der Waals surface area contributed by atoms with Crippen molar-refractivity contribution in [1.82, 2.24) is 9.88 Å². The molecule has 16 heavy (non-hydrogen) atoms. The predicted octanol–water partition coefficient (Wildman–Crippen LogP) is 1.69. The van der Waals surface area contributed by atoms with Crippen molar-refractivity contribution in [1.29, 1.82) is 0 Å². The van der Waals surface area contributed by atoms with E-state index in [1.165, 1.54) is 12.8 Å². The molecule has 2 rings (SSSR count). The first kappa shape index (κ1) is 11.1. The van der Waals surface area contributed by atoms with Gasteiger partial charge in [0, 0.05) is 18.4 Å². The summed E-state index contributed by atoms with van der Waals surface area (Å²) in [7, 11) is 0. The Hall–Kier alpha value is -1.42. The first-order valence-corrected chi connectivity index (χ1v) is 5.63. The Labute approximate surface area is 94.9 Å². The normalized spacial score (nSPS) is 18.5. The monoisotopic (exact) mass is 220 g/mol. The zero-order valence-electron chi connectivity index (χ0n) is 9.17. The van der Waals surface area contributed by atoms with E-state index in [4.69, 9.17) is 5.11 Å². The standard InChI is InChI=1S/C12H16N2O2/c15-12(16)9-11(14-7-1-2-8-14)10-3-5-13-6-4-10/h3-6,11H,1-2,7-9H2,(H,15,16). The van der Waals surface area contributed by atoms with Gasteiger partial charge in [0.05, 0.1) is 6.42 Å². The molecule has 1 fully saturated rings. The molecule has 2 heterocycles. The molecule has 0 spiro atoms. The second-order valence-corrected chi connectivity index (χ2v) is 4.14. The minimum Gasteiger partial charge on any atom is -0.481 e. The Kier molecular flexibility index (Phi) is 3.51. The molecule has 86 valence electrons. The summed E-state index contributed by atoms with van der Waals surface area (Å²) in [6, 6.07) is 3.82. The maximum atomic E-state index is 10.9. The van der Waals surface area contributed by atoms with Crippen LogP contribution in [0.2, 0.25) is 0 Å². The van der Waals surface area contributed by atoms with Crippen molar-refractivity contribution in [3.63, 3.8) is 0 Å². The van der Waals surface area contributed by atoms with Gasteiger partial charge in [-0.15, -0.1) is 0 Å². The van der Waals surface area contributed by atoms with Crippen LogP contribution >= 0.6 is 0 Å². The zero-order chi connectivity index (χ0) is 11.4. The number of pyridine rings is 1. The fraction of sp³-hybridized carbons (Fsp3) is 0.500. The van der Waals surface area contributed by atoms with Gasteiger partial charge >= 0.3 is 5.97 Å². The number of aliphatic carboxylic acids is 1. The van der Waals surface area contributed by atoms with Crippen molar-refractivity contribution in [2.45, 2.75) is 25.3 Å². The van der Waals surface area contributed by atoms with Crippen LogP contribution in [0.3, 0.4) is 0 Å². The van der Waals surface area contributed by atoms with Crippen LogP contribution in [0.1, 0.15) is 30.9 Å². The topological polar surface area (TPSA) is 53.4 Å². The van der Waals surface area contributed by atoms with Crippen LogP contribution in [-0.4, -0.2) is 34.0 Å². The number of hydrogen-bond donors (Lipinski definition) is 1. The molecule has 0 aliphatic carbocycles. The number of carboxylic acid groups (broad SMARTS) is 1. The van der Waals surface area contributed by atoms with Gasteiger partial charge in [0.15, 0.2) is 0 Å². The van der Waals surface area contributed by atoms with Crippen molar-refractivity contribution >= 4 is 5.97 Å². The Morgan fingerprint density at radius 1 is 1.38 bits per heavy atom. The summed E-state index contributed by atoms with van der Waals surface area (Å²) in [4.78, 5) is 17.1. The Balaban J connectivity index is 2.16. The molecule has 0 amide bonds. The first-order valence-electron chi connectivity index (χ1n) is 5.63. The van der Waals surface area contributed by atoms with Gasteiger partial charge in [-0.2, -0.15) is 0 Å². The third kappa shape index (κ3) is 2.58. The lowest BCUT2D eigenvalue weighted by atomic mass is 10.0. The van der Waals surface area contributed by atoms with Crippen molar-refractivity contribution in [2.75, 3.05) is 13.1 Å². The van der Waals surface area contributed by atoms with Crippen molar-refractivity contribution in [3.05, 3.63) is 30.1 Å². The van der Waals surface area contributed by atoms with Gasteiger partial charge in [-0.1, -0.05) is 0 Å². The number of hydrogen-bond acceptors (Lipinski definition) is 3. The molecular formula is C12H16N2O2. The Bertz CT molecular complexity index is 347. The predicted molar refractivity (Wildman–Crippen MR) is 60.0 cm³/mol. The minimum atomic E-state index is -0.742. The van der Waals surface area contributed by atoms with Crippen LogP contribution in [0.5, 0.6) is 0 Å². The molecular weight excluding hydrogens is 204 g/mol. The number of carboxylic acids is 1. The molecule has 1 aromatic heterocycles. The summed E-state index contributed by atoms with van der Waals surface area (Å²) >= 11 is 0. The minimum absolute atomic E-state index is 0.00278. The average molecular weight is 220 g/mol. The lowest BCUT2D eigenvalue weighted by Gasteiger charge is -2.26. The largest absolute Gasteiger partial charge is 0.481 e. The SMILES string of the molecule is O=C(O)CC(c1ccncc1)N1CCCC1. The van der Waals surface area contributed by atoms with E-state index in [0.717, 1.165) is 18.7 Å². The summed E-state index contributed by atoms with van der Waals surface area (Å²) < 4.78 is 0. The summed E-state index contributed by atoms with van der Waals surface area (Å²) in [5.41, 5.74) is 1.05. The van der Waals surface area contributed by atoms with Crippen LogP contribution < -0.4 is 0 Å². The maximum Gasteiger partial charge on any atom is 0.305 e. The molecule has 1 aromatic rings. The van der Waals surface area contributed by atoms with E-state index in [1.54, 1.807) is 12.4 Å². The van der Waals surface area contributed by atoms with Crippen LogP contribution in [-0.2, 0) is 4.79 Å². The van der Waals surface area contributed by atoms with Crippen molar-refractivity contribution in [3.8, 4) is 0 Å². The van der Waals surface area contributed by atoms with Gasteiger partial charge in [0.25, 0.3) is 0 Å². The lowest BCUT2D eigenvalue weighted by Crippen LogP contribution is -2.27. The molecule has 1 unspecified atom stereocenters. The molecule has 0 radical (unpaired) electrons. The molecule has 1 atom stereocenters. The molecule has 4 nitrogen and oxygen atoms in total. The fourth-order valence-corrected chi connectivity index (χ4v) is 2.26. The van der Waals surface area contributed by atoms with Gasteiger partial charge in [-0.3, -0.25) is 14.7 Å². The van der Waals surface area contributed by atoms with Gasteiger partial charge in [-0.05, 0) is 43.6 Å². The summed E-state index contributed by atoms with van der Waals surface area (Å²) in [6.07, 6.45) is 5.95. The molecule has 0 saturated carbocycles. The van der Waals surface area contributed by atoms with Gasteiger partial charge in [0.2, 0.25) is 0 Å². The highest BCUT2D eigenvalue weighted by atomic mass is 16.4. The third-order valence-electron chi connectivity index (χ3n) is 3.04. The quantitative estimate of drug-likeness (QED) is 0.839. The van der Waals surface area contributed by atoms with Crippen LogP contribution in [0.15, 0.2) is 24.5 Å². The molecule has 1 N–H and O–H groups in total. The van der Waals surface area contributed by atoms with E-state index in [0.29, 0.717) is 0 Å². The summed E-state index contributed by atoms with van der Waals surface area (Å²) in [6.45, 7) is 2.00. The number of likely N-dealkylation sites (tertiary alicyclic amines) is 1. The van der Waals surface area contributed by atoms with Gasteiger partial charge < -0.3 is 5.11 Å². The van der Waals surface area contributed by atoms with Crippen LogP contribution in [0.25, 0.3) is 0 Å². The Morgan fingerprint density at radius 2 is 2.00 bits per heavy atom. The highest BCUT2D eigenvalue weighted by Gasteiger charge is 2.25. The average Bonchev–Trinajstić information content (AvgIpc) is 2.80. The van der Waals surface area contributed by atoms with Crippen molar-refractivity contribution < 1.29 is 9.90 Å². The lowest BCUT2D eigenvalue weighted by molar-refractivity contribution is -0.138. The zero-order valence-corrected chi connectivity index (χ0v) is 9.17. The second kappa shape index (κ2) is 5.07. The number of nitrogens with zero attached hydrogens (tertiary/aromatic N) is 2. The van der Waals surface area contributed by atoms with Crippen LogP contribution in [0.4, 0.5) is 0 Å². The van der Waals surface area contributed by atoms with Gasteiger partial charge in [0.1, 0.15) is 0 Å². The van der Waals surface area contributed by atoms with E-state index < -0.39 is 5.97 Å². The molecule has 1 saturated heterocycles. The van der Waals surface area contributed by atoms with E-state index >= 15 is 0 Å². The number of aromatic nitrogens is 1. The van der Waals surface area contributed by atoms with Crippen molar-refractivity contribution in [2.24, 2.45) is 0 Å². The molecule has 1 aliphatic rings. The maximum absolute atomic E-state index is 10.9. The van der Waals surface area contributed by atoms with Gasteiger partial charge in [-0.25, -0.2) is 0 Å². The second-order valence-electron chi connectivity index (χ2n) is 4.14. The molecule has 4 heteroatoms.